The summed E-state index contributed by atoms with van der Waals surface area (Å²) in [5.41, 5.74) is 1.19. The molecule has 1 aliphatic heterocycles. The fourth-order valence-electron chi connectivity index (χ4n) is 4.19. The summed E-state index contributed by atoms with van der Waals surface area (Å²) in [6.45, 7) is 1.61. The van der Waals surface area contributed by atoms with E-state index in [1.807, 2.05) is 6.07 Å². The van der Waals surface area contributed by atoms with Crippen LogP contribution in [0.4, 0.5) is 15.8 Å². The molecular weight excluding hydrogens is 481 g/mol. The first kappa shape index (κ1) is 24.1. The van der Waals surface area contributed by atoms with Crippen molar-refractivity contribution in [2.75, 3.05) is 17.4 Å². The number of sulfonamides is 1. The molecule has 1 fully saturated rings. The van der Waals surface area contributed by atoms with Crippen molar-refractivity contribution in [1.82, 2.24) is 4.90 Å². The van der Waals surface area contributed by atoms with Gasteiger partial charge in [0.2, 0.25) is 0 Å². The van der Waals surface area contributed by atoms with Gasteiger partial charge >= 0.3 is 0 Å². The first-order valence-corrected chi connectivity index (χ1v) is 12.6. The first-order chi connectivity index (χ1) is 16.3. The highest BCUT2D eigenvalue weighted by atomic mass is 35.5. The Balaban J connectivity index is 1.55. The largest absolute Gasteiger partial charge is 0.299 e. The standard InChI is InChI=1S/C24H23ClFN3O4S/c25-24-11-8-22(29(30)31)16-18(24)17-27-14-12-21(13-15-27)28(20-4-2-1-3-5-20)34(32,33)23-9-6-19(26)7-10-23/h1-11,16,21H,12-15,17H2. The zero-order chi connectivity index (χ0) is 24.3. The van der Waals surface area contributed by atoms with Gasteiger partial charge in [-0.3, -0.25) is 19.3 Å². The maximum atomic E-state index is 13.6. The van der Waals surface area contributed by atoms with Crippen molar-refractivity contribution >= 4 is 33.0 Å². The van der Waals surface area contributed by atoms with Crippen LogP contribution in [-0.4, -0.2) is 37.4 Å². The molecule has 0 aliphatic carbocycles. The van der Waals surface area contributed by atoms with E-state index in [1.165, 1.54) is 34.6 Å². The number of rotatable bonds is 7. The minimum Gasteiger partial charge on any atom is -0.299 e. The van der Waals surface area contributed by atoms with Crippen LogP contribution in [0.3, 0.4) is 0 Å². The van der Waals surface area contributed by atoms with Gasteiger partial charge in [-0.1, -0.05) is 29.8 Å². The van der Waals surface area contributed by atoms with Crippen molar-refractivity contribution in [3.05, 3.63) is 99.3 Å². The van der Waals surface area contributed by atoms with Gasteiger partial charge < -0.3 is 0 Å². The van der Waals surface area contributed by atoms with Gasteiger partial charge in [0.1, 0.15) is 5.82 Å². The normalized spacial score (nSPS) is 15.2. The minimum atomic E-state index is -3.92. The second kappa shape index (κ2) is 10.1. The van der Waals surface area contributed by atoms with Crippen molar-refractivity contribution in [2.45, 2.75) is 30.3 Å². The summed E-state index contributed by atoms with van der Waals surface area (Å²) >= 11 is 6.25. The van der Waals surface area contributed by atoms with Crippen LogP contribution >= 0.6 is 11.6 Å². The van der Waals surface area contributed by atoms with Gasteiger partial charge in [0.25, 0.3) is 15.7 Å². The number of halogens is 2. The first-order valence-electron chi connectivity index (χ1n) is 10.8. The molecule has 0 saturated carbocycles. The van der Waals surface area contributed by atoms with Crippen LogP contribution < -0.4 is 4.31 Å². The molecule has 4 rings (SSSR count). The van der Waals surface area contributed by atoms with Crippen LogP contribution in [0.2, 0.25) is 5.02 Å². The highest BCUT2D eigenvalue weighted by Crippen LogP contribution is 2.31. The molecule has 3 aromatic rings. The van der Waals surface area contributed by atoms with Gasteiger partial charge in [0.15, 0.2) is 0 Å². The number of para-hydroxylation sites is 1. The Morgan fingerprint density at radius 2 is 1.68 bits per heavy atom. The van der Waals surface area contributed by atoms with E-state index in [0.717, 1.165) is 12.1 Å². The summed E-state index contributed by atoms with van der Waals surface area (Å²) in [6, 6.07) is 17.8. The fourth-order valence-corrected chi connectivity index (χ4v) is 6.08. The van der Waals surface area contributed by atoms with Crippen molar-refractivity contribution < 1.29 is 17.7 Å². The number of hydrogen-bond donors (Lipinski definition) is 0. The Bertz CT molecular complexity index is 1270. The molecule has 1 saturated heterocycles. The van der Waals surface area contributed by atoms with Crippen LogP contribution in [0.1, 0.15) is 18.4 Å². The highest BCUT2D eigenvalue weighted by molar-refractivity contribution is 7.92. The highest BCUT2D eigenvalue weighted by Gasteiger charge is 2.34. The smallest absolute Gasteiger partial charge is 0.269 e. The minimum absolute atomic E-state index is 0.0186. The number of benzene rings is 3. The average molecular weight is 504 g/mol. The maximum Gasteiger partial charge on any atom is 0.269 e. The van der Waals surface area contributed by atoms with Gasteiger partial charge in [0, 0.05) is 42.8 Å². The van der Waals surface area contributed by atoms with Crippen LogP contribution in [0.15, 0.2) is 77.7 Å². The summed E-state index contributed by atoms with van der Waals surface area (Å²) in [4.78, 5) is 12.8. The van der Waals surface area contributed by atoms with Gasteiger partial charge in [-0.05, 0) is 60.9 Å². The number of piperidine rings is 1. The third kappa shape index (κ3) is 5.22. The van der Waals surface area contributed by atoms with Crippen LogP contribution in [0, 0.1) is 15.9 Å². The van der Waals surface area contributed by atoms with Crippen molar-refractivity contribution in [2.24, 2.45) is 0 Å². The van der Waals surface area contributed by atoms with Crippen molar-refractivity contribution in [3.63, 3.8) is 0 Å². The number of hydrogen-bond acceptors (Lipinski definition) is 5. The van der Waals surface area contributed by atoms with E-state index in [4.69, 9.17) is 11.6 Å². The Labute approximate surface area is 202 Å². The van der Waals surface area contributed by atoms with Gasteiger partial charge in [-0.2, -0.15) is 0 Å². The monoisotopic (exact) mass is 503 g/mol. The van der Waals surface area contributed by atoms with E-state index in [2.05, 4.69) is 4.90 Å². The molecule has 10 heteroatoms. The molecule has 0 spiro atoms. The lowest BCUT2D eigenvalue weighted by Crippen LogP contribution is -2.47. The van der Waals surface area contributed by atoms with Gasteiger partial charge in [-0.25, -0.2) is 12.8 Å². The fraction of sp³-hybridized carbons (Fsp3) is 0.250. The quantitative estimate of drug-likeness (QED) is 0.325. The van der Waals surface area contributed by atoms with Gasteiger partial charge in [-0.15, -0.1) is 0 Å². The topological polar surface area (TPSA) is 83.8 Å². The Hall–Kier alpha value is -3.01. The number of non-ortho nitro benzene ring substituents is 1. The number of anilines is 1. The molecule has 3 aromatic carbocycles. The lowest BCUT2D eigenvalue weighted by atomic mass is 10.0. The molecule has 0 radical (unpaired) electrons. The summed E-state index contributed by atoms with van der Waals surface area (Å²) in [5.74, 6) is -0.502. The molecule has 34 heavy (non-hydrogen) atoms. The molecular formula is C24H23ClFN3O4S. The Morgan fingerprint density at radius 1 is 1.03 bits per heavy atom. The molecule has 0 unspecified atom stereocenters. The Kier molecular flexibility index (Phi) is 7.16. The van der Waals surface area contributed by atoms with Crippen LogP contribution in [0.5, 0.6) is 0 Å². The molecule has 178 valence electrons. The number of nitro groups is 1. The predicted octanol–water partition coefficient (Wildman–Crippen LogP) is 5.25. The van der Waals surface area contributed by atoms with Crippen molar-refractivity contribution in [1.29, 1.82) is 0 Å². The SMILES string of the molecule is O=[N+]([O-])c1ccc(Cl)c(CN2CCC(N(c3ccccc3)S(=O)(=O)c3ccc(F)cc3)CC2)c1. The third-order valence-corrected chi connectivity index (χ3v) is 8.17. The lowest BCUT2D eigenvalue weighted by molar-refractivity contribution is -0.384. The second-order valence-corrected chi connectivity index (χ2v) is 10.4. The van der Waals surface area contributed by atoms with Crippen molar-refractivity contribution in [3.8, 4) is 0 Å². The molecule has 0 aromatic heterocycles. The number of nitro benzene ring substituents is 1. The van der Waals surface area contributed by atoms with E-state index in [0.29, 0.717) is 48.7 Å². The van der Waals surface area contributed by atoms with E-state index in [9.17, 15) is 22.9 Å². The number of likely N-dealkylation sites (tertiary alicyclic amines) is 1. The van der Waals surface area contributed by atoms with Gasteiger partial charge in [0.05, 0.1) is 15.5 Å². The second-order valence-electron chi connectivity index (χ2n) is 8.13. The average Bonchev–Trinajstić information content (AvgIpc) is 2.82. The van der Waals surface area contributed by atoms with E-state index in [-0.39, 0.29) is 16.6 Å². The van der Waals surface area contributed by atoms with E-state index in [1.54, 1.807) is 24.3 Å². The number of nitrogens with zero attached hydrogens (tertiary/aromatic N) is 3. The Morgan fingerprint density at radius 3 is 2.29 bits per heavy atom. The maximum absolute atomic E-state index is 13.6. The summed E-state index contributed by atoms with van der Waals surface area (Å²) in [5, 5.41) is 11.6. The summed E-state index contributed by atoms with van der Waals surface area (Å²) in [7, 11) is -3.92. The zero-order valence-corrected chi connectivity index (χ0v) is 19.8. The molecule has 0 bridgehead atoms. The molecule has 1 aliphatic rings. The molecule has 0 N–H and O–H groups in total. The third-order valence-electron chi connectivity index (χ3n) is 5.90. The zero-order valence-electron chi connectivity index (χ0n) is 18.2. The van der Waals surface area contributed by atoms with E-state index < -0.39 is 20.8 Å². The van der Waals surface area contributed by atoms with E-state index >= 15 is 0 Å². The molecule has 0 atom stereocenters. The summed E-state index contributed by atoms with van der Waals surface area (Å²) in [6.07, 6.45) is 1.11. The lowest BCUT2D eigenvalue weighted by Gasteiger charge is -2.39. The molecule has 1 heterocycles. The van der Waals surface area contributed by atoms with Crippen LogP contribution in [-0.2, 0) is 16.6 Å². The molecule has 7 nitrogen and oxygen atoms in total. The summed E-state index contributed by atoms with van der Waals surface area (Å²) < 4.78 is 42.0. The molecule has 0 amide bonds. The van der Waals surface area contributed by atoms with Crippen LogP contribution in [0.25, 0.3) is 0 Å². The predicted molar refractivity (Wildman–Crippen MR) is 129 cm³/mol.